The Morgan fingerprint density at radius 3 is 2.62 bits per heavy atom. The van der Waals surface area contributed by atoms with Crippen LogP contribution < -0.4 is 0 Å². The van der Waals surface area contributed by atoms with Crippen molar-refractivity contribution in [3.8, 4) is 0 Å². The van der Waals surface area contributed by atoms with Crippen LogP contribution in [0.15, 0.2) is 24.5 Å². The largest absolute Gasteiger partial charge is 0.340 e. The van der Waals surface area contributed by atoms with Crippen LogP contribution >= 0.6 is 11.8 Å². The van der Waals surface area contributed by atoms with Crippen molar-refractivity contribution in [3.05, 3.63) is 30.1 Å². The molecule has 0 aliphatic carbocycles. The second kappa shape index (κ2) is 7.80. The number of nitrogens with zero attached hydrogens (tertiary/aromatic N) is 3. The van der Waals surface area contributed by atoms with E-state index in [0.717, 1.165) is 31.9 Å². The van der Waals surface area contributed by atoms with Gasteiger partial charge < -0.3 is 4.90 Å². The van der Waals surface area contributed by atoms with E-state index in [0.29, 0.717) is 11.9 Å². The second-order valence-electron chi connectivity index (χ2n) is 5.68. The fourth-order valence-corrected chi connectivity index (χ4v) is 3.44. The van der Waals surface area contributed by atoms with E-state index in [1.807, 2.05) is 24.1 Å². The summed E-state index contributed by atoms with van der Waals surface area (Å²) in [6, 6.07) is 4.46. The summed E-state index contributed by atoms with van der Waals surface area (Å²) in [6.07, 6.45) is 5.79. The SMILES string of the molecule is CSC[C@@H](C)C(=O)N1CCN([C@H](C)c2cccnc2)CC1. The topological polar surface area (TPSA) is 36.4 Å². The monoisotopic (exact) mass is 307 g/mol. The quantitative estimate of drug-likeness (QED) is 0.836. The molecule has 1 aromatic heterocycles. The van der Waals surface area contributed by atoms with E-state index in [2.05, 4.69) is 29.1 Å². The zero-order valence-corrected chi connectivity index (χ0v) is 14.0. The molecular weight excluding hydrogens is 282 g/mol. The van der Waals surface area contributed by atoms with Gasteiger partial charge in [-0.15, -0.1) is 0 Å². The van der Waals surface area contributed by atoms with Crippen LogP contribution in [0.5, 0.6) is 0 Å². The Labute approximate surface area is 131 Å². The number of hydrogen-bond acceptors (Lipinski definition) is 4. The lowest BCUT2D eigenvalue weighted by Gasteiger charge is -2.39. The normalized spacial score (nSPS) is 19.3. The van der Waals surface area contributed by atoms with Gasteiger partial charge >= 0.3 is 0 Å². The predicted octanol–water partition coefficient (Wildman–Crippen LogP) is 2.29. The van der Waals surface area contributed by atoms with E-state index in [-0.39, 0.29) is 5.92 Å². The van der Waals surface area contributed by atoms with Crippen molar-refractivity contribution in [2.75, 3.05) is 38.2 Å². The van der Waals surface area contributed by atoms with Crippen molar-refractivity contribution in [3.63, 3.8) is 0 Å². The molecule has 0 aromatic carbocycles. The number of aromatic nitrogens is 1. The van der Waals surface area contributed by atoms with E-state index < -0.39 is 0 Å². The molecule has 0 N–H and O–H groups in total. The Kier molecular flexibility index (Phi) is 6.06. The molecule has 4 nitrogen and oxygen atoms in total. The van der Waals surface area contributed by atoms with Crippen LogP contribution in [-0.4, -0.2) is 58.9 Å². The van der Waals surface area contributed by atoms with Crippen molar-refractivity contribution in [1.82, 2.24) is 14.8 Å². The van der Waals surface area contributed by atoms with Gasteiger partial charge in [-0.1, -0.05) is 13.0 Å². The first-order valence-corrected chi connectivity index (χ1v) is 8.94. The smallest absolute Gasteiger partial charge is 0.226 e. The number of rotatable bonds is 5. The van der Waals surface area contributed by atoms with Gasteiger partial charge in [0.05, 0.1) is 0 Å². The average Bonchev–Trinajstić information content (AvgIpc) is 2.54. The molecule has 5 heteroatoms. The van der Waals surface area contributed by atoms with Crippen molar-refractivity contribution in [2.45, 2.75) is 19.9 Å². The molecule has 0 saturated carbocycles. The van der Waals surface area contributed by atoms with Gasteiger partial charge in [0, 0.05) is 56.3 Å². The van der Waals surface area contributed by atoms with Gasteiger partial charge in [-0.3, -0.25) is 14.7 Å². The van der Waals surface area contributed by atoms with Crippen LogP contribution in [-0.2, 0) is 4.79 Å². The zero-order valence-electron chi connectivity index (χ0n) is 13.2. The molecule has 0 spiro atoms. The Morgan fingerprint density at radius 1 is 1.33 bits per heavy atom. The summed E-state index contributed by atoms with van der Waals surface area (Å²) in [6.45, 7) is 7.79. The van der Waals surface area contributed by atoms with Gasteiger partial charge in [-0.05, 0) is 24.8 Å². The third-order valence-electron chi connectivity index (χ3n) is 4.18. The van der Waals surface area contributed by atoms with E-state index in [1.165, 1.54) is 5.56 Å². The van der Waals surface area contributed by atoms with Crippen LogP contribution in [0.4, 0.5) is 0 Å². The fourth-order valence-electron chi connectivity index (χ4n) is 2.80. The molecule has 116 valence electrons. The van der Waals surface area contributed by atoms with Crippen LogP contribution in [0.2, 0.25) is 0 Å². The standard InChI is InChI=1S/C16H25N3OS/c1-13(12-21-3)16(20)19-9-7-18(8-10-19)14(2)15-5-4-6-17-11-15/h4-6,11,13-14H,7-10,12H2,1-3H3/t13-,14-/m1/s1. The van der Waals surface area contributed by atoms with Crippen molar-refractivity contribution in [1.29, 1.82) is 0 Å². The highest BCUT2D eigenvalue weighted by atomic mass is 32.2. The lowest BCUT2D eigenvalue weighted by atomic mass is 10.1. The van der Waals surface area contributed by atoms with E-state index in [9.17, 15) is 4.79 Å². The molecule has 1 fully saturated rings. The fraction of sp³-hybridized carbons (Fsp3) is 0.625. The summed E-state index contributed by atoms with van der Waals surface area (Å²) in [4.78, 5) is 21.0. The molecule has 1 aromatic rings. The first-order valence-electron chi connectivity index (χ1n) is 7.55. The van der Waals surface area contributed by atoms with Gasteiger partial charge in [0.2, 0.25) is 5.91 Å². The summed E-state index contributed by atoms with van der Waals surface area (Å²) in [5, 5.41) is 0. The number of piperazine rings is 1. The molecule has 0 bridgehead atoms. The molecular formula is C16H25N3OS. The maximum atomic E-state index is 12.3. The van der Waals surface area contributed by atoms with Crippen LogP contribution in [0.25, 0.3) is 0 Å². The maximum Gasteiger partial charge on any atom is 0.226 e. The van der Waals surface area contributed by atoms with Crippen LogP contribution in [0.3, 0.4) is 0 Å². The summed E-state index contributed by atoms with van der Waals surface area (Å²) in [5.41, 5.74) is 1.24. The zero-order chi connectivity index (χ0) is 15.2. The summed E-state index contributed by atoms with van der Waals surface area (Å²) in [7, 11) is 0. The average molecular weight is 307 g/mol. The van der Waals surface area contributed by atoms with Crippen LogP contribution in [0.1, 0.15) is 25.5 Å². The van der Waals surface area contributed by atoms with Gasteiger partial charge in [-0.2, -0.15) is 11.8 Å². The van der Waals surface area contributed by atoms with Gasteiger partial charge in [0.1, 0.15) is 0 Å². The number of carbonyl (C=O) groups is 1. The van der Waals surface area contributed by atoms with Crippen LogP contribution in [0, 0.1) is 5.92 Å². The molecule has 1 amide bonds. The highest BCUT2D eigenvalue weighted by Crippen LogP contribution is 2.21. The van der Waals surface area contributed by atoms with Gasteiger partial charge in [-0.25, -0.2) is 0 Å². The summed E-state index contributed by atoms with van der Waals surface area (Å²) >= 11 is 1.74. The van der Waals surface area contributed by atoms with Gasteiger partial charge in [0.25, 0.3) is 0 Å². The first-order chi connectivity index (χ1) is 10.1. The Balaban J connectivity index is 1.87. The third kappa shape index (κ3) is 4.20. The van der Waals surface area contributed by atoms with Crippen molar-refractivity contribution in [2.24, 2.45) is 5.92 Å². The third-order valence-corrected chi connectivity index (χ3v) is 5.01. The minimum Gasteiger partial charge on any atom is -0.340 e. The molecule has 2 atom stereocenters. The molecule has 2 rings (SSSR count). The van der Waals surface area contributed by atoms with E-state index in [4.69, 9.17) is 0 Å². The van der Waals surface area contributed by atoms with Crippen molar-refractivity contribution >= 4 is 17.7 Å². The molecule has 1 aliphatic heterocycles. The van der Waals surface area contributed by atoms with E-state index in [1.54, 1.807) is 18.0 Å². The molecule has 2 heterocycles. The minimum absolute atomic E-state index is 0.127. The first kappa shape index (κ1) is 16.3. The van der Waals surface area contributed by atoms with Gasteiger partial charge in [0.15, 0.2) is 0 Å². The Morgan fingerprint density at radius 2 is 2.05 bits per heavy atom. The predicted molar refractivity (Wildman–Crippen MR) is 88.4 cm³/mol. The molecule has 0 radical (unpaired) electrons. The highest BCUT2D eigenvalue weighted by molar-refractivity contribution is 7.98. The molecule has 1 saturated heterocycles. The van der Waals surface area contributed by atoms with E-state index >= 15 is 0 Å². The number of amides is 1. The summed E-state index contributed by atoms with van der Waals surface area (Å²) < 4.78 is 0. The minimum atomic E-state index is 0.127. The number of carbonyl (C=O) groups excluding carboxylic acids is 1. The second-order valence-corrected chi connectivity index (χ2v) is 6.59. The lowest BCUT2D eigenvalue weighted by Crippen LogP contribution is -2.50. The molecule has 1 aliphatic rings. The Bertz CT molecular complexity index is 446. The molecule has 21 heavy (non-hydrogen) atoms. The number of hydrogen-bond donors (Lipinski definition) is 0. The number of thioether (sulfide) groups is 1. The number of pyridine rings is 1. The maximum absolute atomic E-state index is 12.3. The highest BCUT2D eigenvalue weighted by Gasteiger charge is 2.26. The Hall–Kier alpha value is -1.07. The van der Waals surface area contributed by atoms with Crippen molar-refractivity contribution < 1.29 is 4.79 Å². The summed E-state index contributed by atoms with van der Waals surface area (Å²) in [5.74, 6) is 1.34. The lowest BCUT2D eigenvalue weighted by molar-refractivity contribution is -0.136. The molecule has 0 unspecified atom stereocenters.